The minimum absolute atomic E-state index is 0.0526. The van der Waals surface area contributed by atoms with Gasteiger partial charge in [-0.2, -0.15) is 13.2 Å². The molecule has 1 aromatic rings. The molecule has 0 aliphatic rings. The highest BCUT2D eigenvalue weighted by Gasteiger charge is 2.31. The quantitative estimate of drug-likeness (QED) is 0.838. The maximum Gasteiger partial charge on any atom is 0.573 e. The van der Waals surface area contributed by atoms with Crippen molar-refractivity contribution in [1.82, 2.24) is 0 Å². The van der Waals surface area contributed by atoms with Crippen LogP contribution in [0.25, 0.3) is 0 Å². The lowest BCUT2D eigenvalue weighted by atomic mass is 10.3. The Morgan fingerprint density at radius 3 is 1.88 bits per heavy atom. The van der Waals surface area contributed by atoms with Gasteiger partial charge in [-0.1, -0.05) is 0 Å². The van der Waals surface area contributed by atoms with Gasteiger partial charge in [-0.25, -0.2) is 0 Å². The lowest BCUT2D eigenvalue weighted by molar-refractivity contribution is -0.274. The predicted molar refractivity (Wildman–Crippen MR) is 47.7 cm³/mol. The number of halogens is 6. The molecule has 17 heavy (non-hydrogen) atoms. The Morgan fingerprint density at radius 1 is 0.941 bits per heavy atom. The van der Waals surface area contributed by atoms with Crippen LogP contribution in [0.3, 0.4) is 0 Å². The third-order valence-electron chi connectivity index (χ3n) is 1.58. The Morgan fingerprint density at radius 2 is 1.47 bits per heavy atom. The van der Waals surface area contributed by atoms with E-state index < -0.39 is 24.8 Å². The van der Waals surface area contributed by atoms with E-state index in [0.29, 0.717) is 0 Å². The van der Waals surface area contributed by atoms with Crippen LogP contribution in [0.4, 0.5) is 32.0 Å². The second-order valence-electron chi connectivity index (χ2n) is 3.04. The van der Waals surface area contributed by atoms with Gasteiger partial charge in [-0.3, -0.25) is 0 Å². The number of benzene rings is 1. The number of rotatable bonds is 3. The van der Waals surface area contributed by atoms with Crippen LogP contribution in [0.1, 0.15) is 0 Å². The first-order chi connectivity index (χ1) is 7.66. The minimum Gasteiger partial charge on any atom is -0.406 e. The second-order valence-corrected chi connectivity index (χ2v) is 3.04. The summed E-state index contributed by atoms with van der Waals surface area (Å²) in [5, 5.41) is 2.01. The van der Waals surface area contributed by atoms with E-state index in [-0.39, 0.29) is 5.69 Å². The van der Waals surface area contributed by atoms with Gasteiger partial charge in [-0.15, -0.1) is 13.2 Å². The monoisotopic (exact) mass is 259 g/mol. The average Bonchev–Trinajstić information content (AvgIpc) is 2.13. The second kappa shape index (κ2) is 4.72. The molecule has 2 nitrogen and oxygen atoms in total. The Bertz CT molecular complexity index is 355. The molecule has 0 spiro atoms. The molecule has 0 heterocycles. The van der Waals surface area contributed by atoms with Crippen LogP contribution in [-0.4, -0.2) is 19.1 Å². The third kappa shape index (κ3) is 5.88. The maximum absolute atomic E-state index is 11.8. The van der Waals surface area contributed by atoms with Gasteiger partial charge in [0, 0.05) is 5.69 Å². The van der Waals surface area contributed by atoms with E-state index in [4.69, 9.17) is 0 Å². The maximum atomic E-state index is 11.8. The van der Waals surface area contributed by atoms with Gasteiger partial charge in [0.2, 0.25) is 0 Å². The number of hydrogen-bond donors (Lipinski definition) is 1. The highest BCUT2D eigenvalue weighted by atomic mass is 19.4. The Balaban J connectivity index is 2.56. The molecule has 1 aromatic carbocycles. The normalized spacial score (nSPS) is 12.4. The molecule has 0 radical (unpaired) electrons. The molecule has 0 unspecified atom stereocenters. The average molecular weight is 259 g/mol. The largest absolute Gasteiger partial charge is 0.573 e. The highest BCUT2D eigenvalue weighted by molar-refractivity contribution is 5.46. The molecular weight excluding hydrogens is 252 g/mol. The van der Waals surface area contributed by atoms with Crippen molar-refractivity contribution in [3.05, 3.63) is 24.3 Å². The Labute approximate surface area is 92.2 Å². The Hall–Kier alpha value is -1.60. The number of anilines is 1. The Kier molecular flexibility index (Phi) is 3.74. The van der Waals surface area contributed by atoms with Crippen LogP contribution in [0.5, 0.6) is 5.75 Å². The topological polar surface area (TPSA) is 21.3 Å². The van der Waals surface area contributed by atoms with Crippen molar-refractivity contribution in [1.29, 1.82) is 0 Å². The summed E-state index contributed by atoms with van der Waals surface area (Å²) < 4.78 is 74.3. The molecule has 0 fully saturated rings. The number of alkyl halides is 6. The van der Waals surface area contributed by atoms with Crippen LogP contribution < -0.4 is 10.1 Å². The van der Waals surface area contributed by atoms with Crippen LogP contribution >= 0.6 is 0 Å². The molecule has 0 amide bonds. The summed E-state index contributed by atoms with van der Waals surface area (Å²) in [6, 6.07) is 3.97. The molecule has 0 bridgehead atoms. The van der Waals surface area contributed by atoms with Crippen molar-refractivity contribution >= 4 is 5.69 Å². The smallest absolute Gasteiger partial charge is 0.406 e. The molecular formula is C9H7F6NO. The van der Waals surface area contributed by atoms with Gasteiger partial charge >= 0.3 is 12.5 Å². The molecule has 0 aliphatic carbocycles. The SMILES string of the molecule is FC(F)(F)CNc1ccc(OC(F)(F)F)cc1. The first-order valence-corrected chi connectivity index (χ1v) is 4.32. The van der Waals surface area contributed by atoms with Crippen molar-refractivity contribution < 1.29 is 31.1 Å². The summed E-state index contributed by atoms with van der Waals surface area (Å²) in [7, 11) is 0. The van der Waals surface area contributed by atoms with E-state index in [9.17, 15) is 26.3 Å². The van der Waals surface area contributed by atoms with Crippen molar-refractivity contribution in [2.75, 3.05) is 11.9 Å². The summed E-state index contributed by atoms with van der Waals surface area (Å²) in [6.07, 6.45) is -9.21. The fourth-order valence-corrected chi connectivity index (χ4v) is 0.977. The standard InChI is InChI=1S/C9H7F6NO/c10-8(11,12)5-16-6-1-3-7(4-2-6)17-9(13,14)15/h1-4,16H,5H2. The van der Waals surface area contributed by atoms with E-state index in [2.05, 4.69) is 4.74 Å². The molecule has 1 rings (SSSR count). The summed E-state index contributed by atoms with van der Waals surface area (Å²) in [4.78, 5) is 0. The van der Waals surface area contributed by atoms with Crippen LogP contribution in [0, 0.1) is 0 Å². The molecule has 96 valence electrons. The molecule has 0 aliphatic heterocycles. The van der Waals surface area contributed by atoms with Crippen molar-refractivity contribution in [2.45, 2.75) is 12.5 Å². The summed E-state index contributed by atoms with van der Waals surface area (Å²) in [5.74, 6) is -0.491. The van der Waals surface area contributed by atoms with Gasteiger partial charge in [0.25, 0.3) is 0 Å². The molecule has 8 heteroatoms. The van der Waals surface area contributed by atoms with Gasteiger partial charge < -0.3 is 10.1 Å². The molecule has 0 atom stereocenters. The van der Waals surface area contributed by atoms with Crippen LogP contribution in [0.15, 0.2) is 24.3 Å². The van der Waals surface area contributed by atoms with Gasteiger partial charge in [0.05, 0.1) is 0 Å². The third-order valence-corrected chi connectivity index (χ3v) is 1.58. The van der Waals surface area contributed by atoms with Gasteiger partial charge in [-0.05, 0) is 24.3 Å². The van der Waals surface area contributed by atoms with Crippen molar-refractivity contribution in [3.63, 3.8) is 0 Å². The van der Waals surface area contributed by atoms with E-state index in [1.54, 1.807) is 0 Å². The summed E-state index contributed by atoms with van der Waals surface area (Å²) in [6.45, 7) is -1.26. The number of nitrogens with one attached hydrogen (secondary N) is 1. The number of ether oxygens (including phenoxy) is 1. The van der Waals surface area contributed by atoms with E-state index >= 15 is 0 Å². The fourth-order valence-electron chi connectivity index (χ4n) is 0.977. The summed E-state index contributed by atoms with van der Waals surface area (Å²) >= 11 is 0. The highest BCUT2D eigenvalue weighted by Crippen LogP contribution is 2.24. The zero-order valence-corrected chi connectivity index (χ0v) is 8.19. The van der Waals surface area contributed by atoms with Gasteiger partial charge in [0.1, 0.15) is 12.3 Å². The first kappa shape index (κ1) is 13.5. The van der Waals surface area contributed by atoms with Crippen molar-refractivity contribution in [3.8, 4) is 5.75 Å². The zero-order valence-electron chi connectivity index (χ0n) is 8.19. The molecule has 0 saturated carbocycles. The van der Waals surface area contributed by atoms with Crippen molar-refractivity contribution in [2.24, 2.45) is 0 Å². The fraction of sp³-hybridized carbons (Fsp3) is 0.333. The molecule has 0 aromatic heterocycles. The number of hydrogen-bond acceptors (Lipinski definition) is 2. The van der Waals surface area contributed by atoms with E-state index in [1.807, 2.05) is 5.32 Å². The minimum atomic E-state index is -4.82. The predicted octanol–water partition coefficient (Wildman–Crippen LogP) is 3.56. The van der Waals surface area contributed by atoms with E-state index in [1.165, 1.54) is 0 Å². The van der Waals surface area contributed by atoms with E-state index in [0.717, 1.165) is 24.3 Å². The zero-order chi connectivity index (χ0) is 13.1. The molecule has 0 saturated heterocycles. The van der Waals surface area contributed by atoms with Crippen LogP contribution in [-0.2, 0) is 0 Å². The lowest BCUT2D eigenvalue weighted by Crippen LogP contribution is -2.21. The summed E-state index contributed by atoms with van der Waals surface area (Å²) in [5.41, 5.74) is 0.0526. The first-order valence-electron chi connectivity index (χ1n) is 4.32. The van der Waals surface area contributed by atoms with Gasteiger partial charge in [0.15, 0.2) is 0 Å². The lowest BCUT2D eigenvalue weighted by Gasteiger charge is -2.11. The molecule has 1 N–H and O–H groups in total. The van der Waals surface area contributed by atoms with Crippen LogP contribution in [0.2, 0.25) is 0 Å².